The molecule has 4 heterocycles. The molecular formula is C20H20ClF3N4O. The summed E-state index contributed by atoms with van der Waals surface area (Å²) in [6.45, 7) is 5.61. The number of amides is 1. The van der Waals surface area contributed by atoms with Gasteiger partial charge < -0.3 is 9.80 Å². The van der Waals surface area contributed by atoms with Crippen molar-refractivity contribution in [2.24, 2.45) is 5.92 Å². The van der Waals surface area contributed by atoms with Gasteiger partial charge in [0.1, 0.15) is 5.69 Å². The van der Waals surface area contributed by atoms with Crippen LogP contribution in [0, 0.1) is 19.8 Å². The molecule has 1 atom stereocenters. The Morgan fingerprint density at radius 2 is 2.03 bits per heavy atom. The van der Waals surface area contributed by atoms with E-state index in [1.165, 1.54) is 0 Å². The number of alkyl halides is 3. The van der Waals surface area contributed by atoms with E-state index in [1.807, 2.05) is 18.7 Å². The van der Waals surface area contributed by atoms with E-state index in [2.05, 4.69) is 9.97 Å². The minimum absolute atomic E-state index is 0.00350. The highest BCUT2D eigenvalue weighted by Crippen LogP contribution is 2.34. The summed E-state index contributed by atoms with van der Waals surface area (Å²) in [5.74, 6) is -0.257. The number of aromatic nitrogens is 2. The summed E-state index contributed by atoms with van der Waals surface area (Å²) >= 11 is 6.29. The molecule has 0 radical (unpaired) electrons. The number of fused-ring (bicyclic) bond motifs is 1. The molecule has 2 aliphatic rings. The molecule has 1 fully saturated rings. The summed E-state index contributed by atoms with van der Waals surface area (Å²) in [6, 6.07) is 2.59. The van der Waals surface area contributed by atoms with Crippen LogP contribution >= 0.6 is 11.6 Å². The smallest absolute Gasteiger partial charge is 0.371 e. The van der Waals surface area contributed by atoms with Gasteiger partial charge in [0, 0.05) is 31.5 Å². The maximum Gasteiger partial charge on any atom is 0.433 e. The summed E-state index contributed by atoms with van der Waals surface area (Å²) in [5.41, 5.74) is 3.08. The van der Waals surface area contributed by atoms with Crippen LogP contribution in [0.3, 0.4) is 0 Å². The first-order chi connectivity index (χ1) is 13.6. The Labute approximate surface area is 171 Å². The van der Waals surface area contributed by atoms with Gasteiger partial charge in [-0.2, -0.15) is 13.2 Å². The molecule has 4 rings (SSSR count). The first-order valence-corrected chi connectivity index (χ1v) is 9.74. The fraction of sp³-hybridized carbons (Fsp3) is 0.450. The summed E-state index contributed by atoms with van der Waals surface area (Å²) in [7, 11) is 0. The molecule has 2 aromatic heterocycles. The van der Waals surface area contributed by atoms with E-state index < -0.39 is 11.9 Å². The molecule has 0 aromatic carbocycles. The standard InChI is InChI=1S/C20H20ClF3N4O/c1-11-15-9-28(10-16(15)26-12(2)18(11)21)19(29)13-4-6-27(8-13)14-3-5-25-17(7-14)20(22,23)24/h3,5,7,13H,4,6,8-10H2,1-2H3/t13-/m1/s1. The van der Waals surface area contributed by atoms with Crippen LogP contribution in [0.4, 0.5) is 18.9 Å². The minimum Gasteiger partial charge on any atom is -0.371 e. The number of halogens is 4. The highest BCUT2D eigenvalue weighted by atomic mass is 35.5. The molecular weight excluding hydrogens is 405 g/mol. The van der Waals surface area contributed by atoms with Gasteiger partial charge in [0.15, 0.2) is 0 Å². The Morgan fingerprint density at radius 3 is 2.76 bits per heavy atom. The van der Waals surface area contributed by atoms with Gasteiger partial charge in [0.25, 0.3) is 0 Å². The molecule has 0 saturated carbocycles. The van der Waals surface area contributed by atoms with Crippen LogP contribution in [0.5, 0.6) is 0 Å². The van der Waals surface area contributed by atoms with Crippen LogP contribution in [0.15, 0.2) is 18.3 Å². The van der Waals surface area contributed by atoms with Crippen LogP contribution in [-0.4, -0.2) is 33.9 Å². The molecule has 1 saturated heterocycles. The Morgan fingerprint density at radius 1 is 1.28 bits per heavy atom. The molecule has 29 heavy (non-hydrogen) atoms. The van der Waals surface area contributed by atoms with Crippen molar-refractivity contribution in [1.29, 1.82) is 0 Å². The third-order valence-corrected chi connectivity index (χ3v) is 6.25. The lowest BCUT2D eigenvalue weighted by Gasteiger charge is -2.22. The van der Waals surface area contributed by atoms with Crippen molar-refractivity contribution < 1.29 is 18.0 Å². The number of anilines is 1. The molecule has 0 bridgehead atoms. The second-order valence-corrected chi connectivity index (χ2v) is 7.96. The lowest BCUT2D eigenvalue weighted by Crippen LogP contribution is -2.34. The first kappa shape index (κ1) is 19.9. The monoisotopic (exact) mass is 424 g/mol. The van der Waals surface area contributed by atoms with Gasteiger partial charge in [0.2, 0.25) is 5.91 Å². The van der Waals surface area contributed by atoms with Gasteiger partial charge >= 0.3 is 6.18 Å². The number of aryl methyl sites for hydroxylation is 1. The summed E-state index contributed by atoms with van der Waals surface area (Å²) in [4.78, 5) is 24.5. The number of rotatable bonds is 2. The van der Waals surface area contributed by atoms with E-state index in [4.69, 9.17) is 11.6 Å². The first-order valence-electron chi connectivity index (χ1n) is 9.36. The predicted molar refractivity (Wildman–Crippen MR) is 103 cm³/mol. The lowest BCUT2D eigenvalue weighted by molar-refractivity contribution is -0.141. The van der Waals surface area contributed by atoms with E-state index in [-0.39, 0.29) is 11.8 Å². The number of pyridine rings is 2. The Kier molecular flexibility index (Phi) is 4.93. The number of hydrogen-bond acceptors (Lipinski definition) is 4. The second kappa shape index (κ2) is 7.16. The number of carbonyl (C=O) groups is 1. The van der Waals surface area contributed by atoms with E-state index in [0.717, 1.165) is 34.8 Å². The normalized spacial score (nSPS) is 19.0. The third kappa shape index (κ3) is 3.66. The number of carbonyl (C=O) groups excluding carboxylic acids is 1. The zero-order valence-corrected chi connectivity index (χ0v) is 16.8. The third-order valence-electron chi connectivity index (χ3n) is 5.69. The summed E-state index contributed by atoms with van der Waals surface area (Å²) < 4.78 is 38.8. The second-order valence-electron chi connectivity index (χ2n) is 7.58. The molecule has 2 aromatic rings. The average molecular weight is 425 g/mol. The fourth-order valence-corrected chi connectivity index (χ4v) is 4.25. The Balaban J connectivity index is 1.46. The molecule has 2 aliphatic heterocycles. The summed E-state index contributed by atoms with van der Waals surface area (Å²) in [5, 5.41) is 0.628. The van der Waals surface area contributed by atoms with Crippen LogP contribution in [0.25, 0.3) is 0 Å². The van der Waals surface area contributed by atoms with Gasteiger partial charge in [-0.3, -0.25) is 14.8 Å². The van der Waals surface area contributed by atoms with Crippen molar-refractivity contribution >= 4 is 23.2 Å². The molecule has 0 spiro atoms. The minimum atomic E-state index is -4.49. The van der Waals surface area contributed by atoms with Crippen molar-refractivity contribution in [2.75, 3.05) is 18.0 Å². The topological polar surface area (TPSA) is 49.3 Å². The van der Waals surface area contributed by atoms with E-state index in [0.29, 0.717) is 43.3 Å². The van der Waals surface area contributed by atoms with E-state index >= 15 is 0 Å². The van der Waals surface area contributed by atoms with E-state index in [9.17, 15) is 18.0 Å². The van der Waals surface area contributed by atoms with Gasteiger partial charge in [-0.15, -0.1) is 0 Å². The highest BCUT2D eigenvalue weighted by molar-refractivity contribution is 6.32. The predicted octanol–water partition coefficient (Wildman–Crippen LogP) is 4.13. The van der Waals surface area contributed by atoms with Crippen LogP contribution in [0.2, 0.25) is 5.02 Å². The van der Waals surface area contributed by atoms with Gasteiger partial charge in [-0.05, 0) is 43.5 Å². The van der Waals surface area contributed by atoms with Crippen molar-refractivity contribution in [3.63, 3.8) is 0 Å². The van der Waals surface area contributed by atoms with Crippen molar-refractivity contribution in [2.45, 2.75) is 39.5 Å². The molecule has 1 amide bonds. The zero-order valence-electron chi connectivity index (χ0n) is 16.1. The summed E-state index contributed by atoms with van der Waals surface area (Å²) in [6.07, 6.45) is -2.73. The van der Waals surface area contributed by atoms with Gasteiger partial charge in [-0.25, -0.2) is 0 Å². The molecule has 0 unspecified atom stereocenters. The largest absolute Gasteiger partial charge is 0.433 e. The Bertz CT molecular complexity index is 979. The quantitative estimate of drug-likeness (QED) is 0.727. The van der Waals surface area contributed by atoms with Crippen molar-refractivity contribution in [3.8, 4) is 0 Å². The van der Waals surface area contributed by atoms with Crippen LogP contribution in [-0.2, 0) is 24.1 Å². The SMILES string of the molecule is Cc1nc2c(c(C)c1Cl)CN(C(=O)[C@@H]1CCN(c3ccnc(C(F)(F)F)c3)C1)C2. The average Bonchev–Trinajstić information content (AvgIpc) is 3.33. The van der Waals surface area contributed by atoms with E-state index in [1.54, 1.807) is 11.0 Å². The Hall–Kier alpha value is -2.35. The maximum atomic E-state index is 13.0. The maximum absolute atomic E-state index is 13.0. The van der Waals surface area contributed by atoms with Gasteiger partial charge in [0.05, 0.1) is 28.9 Å². The zero-order chi connectivity index (χ0) is 20.9. The number of hydrogen-bond donors (Lipinski definition) is 0. The molecule has 154 valence electrons. The fourth-order valence-electron chi connectivity index (χ4n) is 4.09. The number of nitrogens with zero attached hydrogens (tertiary/aromatic N) is 4. The lowest BCUT2D eigenvalue weighted by atomic mass is 10.1. The van der Waals surface area contributed by atoms with Gasteiger partial charge in [-0.1, -0.05) is 11.6 Å². The molecule has 5 nitrogen and oxygen atoms in total. The molecule has 9 heteroatoms. The molecule has 0 aliphatic carbocycles. The molecule has 0 N–H and O–H groups in total. The van der Waals surface area contributed by atoms with Crippen molar-refractivity contribution in [1.82, 2.24) is 14.9 Å². The van der Waals surface area contributed by atoms with Crippen LogP contribution in [0.1, 0.15) is 34.6 Å². The van der Waals surface area contributed by atoms with Crippen LogP contribution < -0.4 is 4.90 Å². The van der Waals surface area contributed by atoms with Crippen molar-refractivity contribution in [3.05, 3.63) is 51.6 Å². The highest BCUT2D eigenvalue weighted by Gasteiger charge is 2.37.